The van der Waals surface area contributed by atoms with Crippen LogP contribution in [0.2, 0.25) is 0 Å². The molecule has 1 saturated carbocycles. The fourth-order valence-electron chi connectivity index (χ4n) is 5.56. The number of likely N-dealkylation sites (tertiary alicyclic amines) is 1. The second-order valence-electron chi connectivity index (χ2n) is 16.5. The maximum Gasteiger partial charge on any atom is 0.496 e. The highest BCUT2D eigenvalue weighted by atomic mass is 79.9. The number of Topliss-reactive ketones (excluding diaryl/α,β-unsaturated/α-hetero) is 1. The first-order valence-electron chi connectivity index (χ1n) is 17.4. The maximum absolute atomic E-state index is 12.3. The van der Waals surface area contributed by atoms with E-state index in [1.807, 2.05) is 94.4 Å². The molecule has 6 rings (SSSR count). The number of halogens is 1. The molecular formula is C36H54B2BrN3O8. The lowest BCUT2D eigenvalue weighted by Gasteiger charge is -2.32. The van der Waals surface area contributed by atoms with Crippen LogP contribution in [0.25, 0.3) is 0 Å². The van der Waals surface area contributed by atoms with Gasteiger partial charge in [0.1, 0.15) is 21.6 Å². The van der Waals surface area contributed by atoms with Crippen molar-refractivity contribution in [3.63, 3.8) is 0 Å². The second kappa shape index (κ2) is 14.9. The van der Waals surface area contributed by atoms with Crippen molar-refractivity contribution in [2.75, 3.05) is 13.1 Å². The van der Waals surface area contributed by atoms with Gasteiger partial charge in [0.25, 0.3) is 0 Å². The van der Waals surface area contributed by atoms with Gasteiger partial charge in [-0.15, -0.1) is 0 Å². The Labute approximate surface area is 307 Å². The Morgan fingerprint density at radius 3 is 1.64 bits per heavy atom. The van der Waals surface area contributed by atoms with E-state index in [2.05, 4.69) is 25.9 Å². The number of rotatable bonds is 3. The molecule has 0 aromatic carbocycles. The predicted molar refractivity (Wildman–Crippen MR) is 197 cm³/mol. The molecule has 0 radical (unpaired) electrons. The van der Waals surface area contributed by atoms with E-state index in [-0.39, 0.29) is 24.9 Å². The molecule has 3 aliphatic heterocycles. The molecule has 274 valence electrons. The third kappa shape index (κ3) is 9.74. The number of aromatic nitrogens is 2. The smallest absolute Gasteiger partial charge is 0.444 e. The highest BCUT2D eigenvalue weighted by Crippen LogP contribution is 2.38. The van der Waals surface area contributed by atoms with Gasteiger partial charge in [0.2, 0.25) is 0 Å². The Morgan fingerprint density at radius 2 is 1.28 bits per heavy atom. The summed E-state index contributed by atoms with van der Waals surface area (Å²) in [5.74, 6) is 0.454. The van der Waals surface area contributed by atoms with Crippen LogP contribution in [0.3, 0.4) is 0 Å². The van der Waals surface area contributed by atoms with Gasteiger partial charge in [0.05, 0.1) is 34.6 Å². The lowest BCUT2D eigenvalue weighted by molar-refractivity contribution is -0.117. The Bertz CT molecular complexity index is 1460. The van der Waals surface area contributed by atoms with Gasteiger partial charge in [-0.05, 0) is 117 Å². The maximum atomic E-state index is 12.3. The van der Waals surface area contributed by atoms with E-state index in [1.165, 1.54) is 4.90 Å². The normalized spacial score (nSPS) is 24.7. The van der Waals surface area contributed by atoms with Gasteiger partial charge in [-0.25, -0.2) is 9.78 Å². The number of ketones is 1. The standard InChI is InChI=1S/C20H31BN2O5.C11H15BBrNO2.C5H8O/c1-17(2,3)26-16(24)23-11-10-20(25,13-23)15-9-8-14(12-22-15)21-27-18(4,5)19(6,7)28-21;1-10(2)11(3,4)16-12(15-10)8-5-6-9(13)14-7-8;6-5-3-1-2-4-5/h8-9,12,25H,10-11,13H2,1-7H3;5-7H,1-4H3;1-4H2. The summed E-state index contributed by atoms with van der Waals surface area (Å²) in [6.45, 7) is 22.2. The Hall–Kier alpha value is -2.35. The van der Waals surface area contributed by atoms with Crippen LogP contribution in [-0.2, 0) is 33.7 Å². The molecule has 1 aliphatic carbocycles. The molecule has 3 saturated heterocycles. The van der Waals surface area contributed by atoms with E-state index >= 15 is 0 Å². The average molecular weight is 758 g/mol. The SMILES string of the molecule is CC(C)(C)OC(=O)N1CCC(O)(c2ccc(B3OC(C)(C)C(C)(C)O3)cn2)C1.CC1(C)OB(c2ccc(Br)nc2)OC1(C)C.O=C1CCCC1. The van der Waals surface area contributed by atoms with E-state index in [1.54, 1.807) is 18.5 Å². The molecule has 2 aromatic rings. The van der Waals surface area contributed by atoms with Crippen molar-refractivity contribution in [1.29, 1.82) is 0 Å². The van der Waals surface area contributed by atoms with E-state index in [0.29, 0.717) is 24.4 Å². The van der Waals surface area contributed by atoms with E-state index in [0.717, 1.165) is 41.2 Å². The van der Waals surface area contributed by atoms with Gasteiger partial charge < -0.3 is 33.4 Å². The lowest BCUT2D eigenvalue weighted by Crippen LogP contribution is -2.41. The molecule has 1 N–H and O–H groups in total. The molecule has 1 atom stereocenters. The summed E-state index contributed by atoms with van der Waals surface area (Å²) in [4.78, 5) is 32.7. The second-order valence-corrected chi connectivity index (χ2v) is 17.3. The molecule has 5 heterocycles. The summed E-state index contributed by atoms with van der Waals surface area (Å²) >= 11 is 3.31. The van der Waals surface area contributed by atoms with Crippen LogP contribution in [0.4, 0.5) is 4.79 Å². The van der Waals surface area contributed by atoms with E-state index in [9.17, 15) is 14.7 Å². The number of aliphatic hydroxyl groups is 1. The minimum absolute atomic E-state index is 0.157. The Morgan fingerprint density at radius 1 is 0.820 bits per heavy atom. The summed E-state index contributed by atoms with van der Waals surface area (Å²) in [5.41, 5.74) is -0.933. The number of nitrogens with zero attached hydrogens (tertiary/aromatic N) is 3. The summed E-state index contributed by atoms with van der Waals surface area (Å²) in [7, 11) is -0.825. The van der Waals surface area contributed by atoms with E-state index < -0.39 is 35.6 Å². The van der Waals surface area contributed by atoms with Crippen LogP contribution >= 0.6 is 15.9 Å². The van der Waals surface area contributed by atoms with Crippen LogP contribution in [0.15, 0.2) is 41.3 Å². The van der Waals surface area contributed by atoms with Crippen molar-refractivity contribution in [3.8, 4) is 0 Å². The fraction of sp³-hybridized carbons (Fsp3) is 0.667. The molecule has 1 unspecified atom stereocenters. The first-order valence-corrected chi connectivity index (χ1v) is 18.2. The highest BCUT2D eigenvalue weighted by Gasteiger charge is 2.53. The quantitative estimate of drug-likeness (QED) is 0.318. The number of carbonyl (C=O) groups excluding carboxylic acids is 2. The van der Waals surface area contributed by atoms with Crippen LogP contribution in [0.5, 0.6) is 0 Å². The van der Waals surface area contributed by atoms with Crippen molar-refractivity contribution >= 4 is 53.0 Å². The van der Waals surface area contributed by atoms with Gasteiger partial charge in [0, 0.05) is 49.1 Å². The number of ether oxygens (including phenoxy) is 1. The molecule has 50 heavy (non-hydrogen) atoms. The number of hydrogen-bond donors (Lipinski definition) is 1. The van der Waals surface area contributed by atoms with Crippen molar-refractivity contribution in [1.82, 2.24) is 14.9 Å². The topological polar surface area (TPSA) is 130 Å². The number of amides is 1. The summed E-state index contributed by atoms with van der Waals surface area (Å²) in [6.07, 6.45) is 7.40. The zero-order chi connectivity index (χ0) is 37.3. The highest BCUT2D eigenvalue weighted by molar-refractivity contribution is 9.10. The minimum Gasteiger partial charge on any atom is -0.444 e. The van der Waals surface area contributed by atoms with Crippen LogP contribution in [0, 0.1) is 0 Å². The number of carbonyl (C=O) groups is 2. The van der Waals surface area contributed by atoms with Gasteiger partial charge >= 0.3 is 20.3 Å². The Kier molecular flexibility index (Phi) is 12.1. The molecular weight excluding hydrogens is 704 g/mol. The third-order valence-corrected chi connectivity index (χ3v) is 10.6. The molecule has 1 amide bonds. The minimum atomic E-state index is -1.19. The molecule has 0 spiro atoms. The van der Waals surface area contributed by atoms with Gasteiger partial charge in [-0.2, -0.15) is 0 Å². The largest absolute Gasteiger partial charge is 0.496 e. The molecule has 2 aromatic heterocycles. The zero-order valence-corrected chi connectivity index (χ0v) is 33.2. The van der Waals surface area contributed by atoms with Gasteiger partial charge in [-0.1, -0.05) is 12.1 Å². The van der Waals surface area contributed by atoms with Crippen molar-refractivity contribution in [2.45, 2.75) is 142 Å². The summed E-state index contributed by atoms with van der Waals surface area (Å²) in [6, 6.07) is 7.48. The Balaban J connectivity index is 0.000000212. The molecule has 4 fully saturated rings. The van der Waals surface area contributed by atoms with Crippen molar-refractivity contribution in [3.05, 3.63) is 47.0 Å². The number of β-amino-alcohol motifs (C(OH)–C–C–N with tert-alkyl or cyclic N) is 1. The van der Waals surface area contributed by atoms with Crippen LogP contribution in [0.1, 0.15) is 114 Å². The predicted octanol–water partition coefficient (Wildman–Crippen LogP) is 5.48. The molecule has 4 aliphatic rings. The third-order valence-electron chi connectivity index (χ3n) is 10.1. The number of hydrogen-bond acceptors (Lipinski definition) is 10. The zero-order valence-electron chi connectivity index (χ0n) is 31.6. The molecule has 11 nitrogen and oxygen atoms in total. The van der Waals surface area contributed by atoms with Gasteiger partial charge in [0.15, 0.2) is 0 Å². The van der Waals surface area contributed by atoms with E-state index in [4.69, 9.17) is 23.4 Å². The lowest BCUT2D eigenvalue weighted by atomic mass is 9.80. The van der Waals surface area contributed by atoms with Crippen LogP contribution in [-0.4, -0.2) is 87.2 Å². The first kappa shape index (κ1) is 40.4. The van der Waals surface area contributed by atoms with Crippen molar-refractivity contribution in [2.24, 2.45) is 0 Å². The van der Waals surface area contributed by atoms with Crippen molar-refractivity contribution < 1.29 is 38.0 Å². The monoisotopic (exact) mass is 757 g/mol. The van der Waals surface area contributed by atoms with Crippen LogP contribution < -0.4 is 10.9 Å². The molecule has 0 bridgehead atoms. The fourth-order valence-corrected chi connectivity index (χ4v) is 5.79. The molecule has 14 heteroatoms. The average Bonchev–Trinajstić information content (AvgIpc) is 3.74. The summed E-state index contributed by atoms with van der Waals surface area (Å²) < 4.78 is 30.1. The number of pyridine rings is 2. The first-order chi connectivity index (χ1) is 22.9. The van der Waals surface area contributed by atoms with Gasteiger partial charge in [-0.3, -0.25) is 9.78 Å². The summed E-state index contributed by atoms with van der Waals surface area (Å²) in [5, 5.41) is 11.0.